The molecule has 1 aromatic heterocycles. The molecule has 1 aliphatic heterocycles. The second-order valence-corrected chi connectivity index (χ2v) is 7.82. The number of esters is 1. The molecule has 1 aliphatic rings. The number of ether oxygens (including phenoxy) is 1. The Morgan fingerprint density at radius 1 is 1.26 bits per heavy atom. The molecule has 27 heavy (non-hydrogen) atoms. The minimum atomic E-state index is -0.152. The number of hydrogen-bond acceptors (Lipinski definition) is 6. The van der Waals surface area contributed by atoms with Gasteiger partial charge in [-0.3, -0.25) is 14.5 Å². The van der Waals surface area contributed by atoms with Crippen LogP contribution in [0.1, 0.15) is 24.0 Å². The molecule has 1 aromatic carbocycles. The number of amides is 1. The van der Waals surface area contributed by atoms with Gasteiger partial charge in [0.05, 0.1) is 25.3 Å². The van der Waals surface area contributed by atoms with E-state index < -0.39 is 0 Å². The first kappa shape index (κ1) is 19.5. The largest absolute Gasteiger partial charge is 0.469 e. The van der Waals surface area contributed by atoms with Crippen LogP contribution in [0.5, 0.6) is 0 Å². The Morgan fingerprint density at radius 2 is 2.00 bits per heavy atom. The fraction of sp³-hybridized carbons (Fsp3) is 0.450. The van der Waals surface area contributed by atoms with E-state index in [-0.39, 0.29) is 17.8 Å². The molecule has 1 fully saturated rings. The van der Waals surface area contributed by atoms with E-state index in [2.05, 4.69) is 47.2 Å². The van der Waals surface area contributed by atoms with Crippen molar-refractivity contribution in [3.8, 4) is 11.3 Å². The number of hydrogen-bond donors (Lipinski definition) is 1. The number of thiazole rings is 1. The first-order chi connectivity index (χ1) is 13.0. The van der Waals surface area contributed by atoms with Gasteiger partial charge in [0.15, 0.2) is 5.13 Å². The van der Waals surface area contributed by atoms with Crippen molar-refractivity contribution in [1.82, 2.24) is 9.88 Å². The molecule has 7 heteroatoms. The quantitative estimate of drug-likeness (QED) is 0.798. The van der Waals surface area contributed by atoms with Crippen molar-refractivity contribution in [3.05, 3.63) is 34.7 Å². The van der Waals surface area contributed by atoms with Gasteiger partial charge in [0.1, 0.15) is 0 Å². The predicted octanol–water partition coefficient (Wildman–Crippen LogP) is 3.25. The van der Waals surface area contributed by atoms with Crippen molar-refractivity contribution in [1.29, 1.82) is 0 Å². The molecule has 0 aliphatic carbocycles. The molecule has 144 valence electrons. The Kier molecular flexibility index (Phi) is 6.23. The van der Waals surface area contributed by atoms with Crippen LogP contribution in [0.25, 0.3) is 11.3 Å². The van der Waals surface area contributed by atoms with Gasteiger partial charge in [-0.25, -0.2) is 4.98 Å². The van der Waals surface area contributed by atoms with Crippen LogP contribution in [0.4, 0.5) is 5.13 Å². The number of rotatable bonds is 5. The Labute approximate surface area is 163 Å². The van der Waals surface area contributed by atoms with E-state index in [1.807, 2.05) is 5.38 Å². The molecule has 0 atom stereocenters. The van der Waals surface area contributed by atoms with Gasteiger partial charge < -0.3 is 10.1 Å². The fourth-order valence-corrected chi connectivity index (χ4v) is 3.96. The van der Waals surface area contributed by atoms with Crippen LogP contribution >= 0.6 is 11.3 Å². The normalized spacial score (nSPS) is 15.5. The van der Waals surface area contributed by atoms with Gasteiger partial charge in [-0.15, -0.1) is 11.3 Å². The van der Waals surface area contributed by atoms with Crippen molar-refractivity contribution in [3.63, 3.8) is 0 Å². The number of likely N-dealkylation sites (tertiary alicyclic amines) is 1. The molecular formula is C20H25N3O3S. The van der Waals surface area contributed by atoms with Crippen LogP contribution in [0, 0.1) is 19.8 Å². The van der Waals surface area contributed by atoms with E-state index >= 15 is 0 Å². The summed E-state index contributed by atoms with van der Waals surface area (Å²) >= 11 is 1.43. The standard InChI is InChI=1S/C20H25N3O3S/c1-13-4-5-16(10-14(13)2)17-12-27-20(21-17)22-18(24)11-23-8-6-15(7-9-23)19(25)26-3/h4-5,10,12,15H,6-9,11H2,1-3H3,(H,21,22,24). The zero-order chi connectivity index (χ0) is 19.4. The Hall–Kier alpha value is -2.25. The first-order valence-corrected chi connectivity index (χ1v) is 9.97. The molecule has 0 radical (unpaired) electrons. The van der Waals surface area contributed by atoms with Crippen molar-refractivity contribution < 1.29 is 14.3 Å². The summed E-state index contributed by atoms with van der Waals surface area (Å²) in [5, 5.41) is 5.45. The number of methoxy groups -OCH3 is 1. The van der Waals surface area contributed by atoms with E-state index in [0.717, 1.165) is 37.2 Å². The molecule has 2 heterocycles. The van der Waals surface area contributed by atoms with Gasteiger partial charge in [0, 0.05) is 10.9 Å². The highest BCUT2D eigenvalue weighted by molar-refractivity contribution is 7.14. The molecule has 1 N–H and O–H groups in total. The Bertz CT molecular complexity index is 826. The minimum Gasteiger partial charge on any atom is -0.469 e. The molecule has 6 nitrogen and oxygen atoms in total. The number of anilines is 1. The minimum absolute atomic E-state index is 0.0474. The molecule has 1 amide bonds. The smallest absolute Gasteiger partial charge is 0.308 e. The number of piperidine rings is 1. The molecule has 0 spiro atoms. The summed E-state index contributed by atoms with van der Waals surface area (Å²) in [4.78, 5) is 30.5. The molecule has 0 unspecified atom stereocenters. The highest BCUT2D eigenvalue weighted by Crippen LogP contribution is 2.26. The number of carbonyl (C=O) groups excluding carboxylic acids is 2. The molecule has 2 aromatic rings. The lowest BCUT2D eigenvalue weighted by atomic mass is 9.97. The van der Waals surface area contributed by atoms with Crippen molar-refractivity contribution >= 4 is 28.3 Å². The van der Waals surface area contributed by atoms with Gasteiger partial charge in [0.25, 0.3) is 0 Å². The molecule has 1 saturated heterocycles. The van der Waals surface area contributed by atoms with Crippen LogP contribution in [0.15, 0.2) is 23.6 Å². The van der Waals surface area contributed by atoms with E-state index in [1.165, 1.54) is 29.6 Å². The van der Waals surface area contributed by atoms with Crippen LogP contribution in [0.3, 0.4) is 0 Å². The van der Waals surface area contributed by atoms with E-state index in [9.17, 15) is 9.59 Å². The second-order valence-electron chi connectivity index (χ2n) is 6.96. The predicted molar refractivity (Wildman–Crippen MR) is 107 cm³/mol. The summed E-state index contributed by atoms with van der Waals surface area (Å²) in [6, 6.07) is 6.25. The van der Waals surface area contributed by atoms with Crippen molar-refractivity contribution in [2.24, 2.45) is 5.92 Å². The van der Waals surface area contributed by atoms with Gasteiger partial charge >= 0.3 is 5.97 Å². The monoisotopic (exact) mass is 387 g/mol. The topological polar surface area (TPSA) is 71.5 Å². The lowest BCUT2D eigenvalue weighted by molar-refractivity contribution is -0.147. The SMILES string of the molecule is COC(=O)C1CCN(CC(=O)Nc2nc(-c3ccc(C)c(C)c3)cs2)CC1. The summed E-state index contributed by atoms with van der Waals surface area (Å²) in [7, 11) is 1.42. The maximum Gasteiger partial charge on any atom is 0.308 e. The second kappa shape index (κ2) is 8.63. The lowest BCUT2D eigenvalue weighted by Gasteiger charge is -2.29. The highest BCUT2D eigenvalue weighted by atomic mass is 32.1. The molecule has 0 saturated carbocycles. The Balaban J connectivity index is 1.52. The van der Waals surface area contributed by atoms with Crippen molar-refractivity contribution in [2.45, 2.75) is 26.7 Å². The maximum absolute atomic E-state index is 12.3. The van der Waals surface area contributed by atoms with Crippen LogP contribution in [-0.2, 0) is 14.3 Å². The van der Waals surface area contributed by atoms with Gasteiger partial charge in [0.2, 0.25) is 5.91 Å². The summed E-state index contributed by atoms with van der Waals surface area (Å²) < 4.78 is 4.79. The number of benzene rings is 1. The van der Waals surface area contributed by atoms with Gasteiger partial charge in [-0.05, 0) is 57.0 Å². The van der Waals surface area contributed by atoms with E-state index in [1.54, 1.807) is 0 Å². The third-order valence-corrected chi connectivity index (χ3v) is 5.80. The number of nitrogens with one attached hydrogen (secondary N) is 1. The number of nitrogens with zero attached hydrogens (tertiary/aromatic N) is 2. The van der Waals surface area contributed by atoms with E-state index in [0.29, 0.717) is 11.7 Å². The molecule has 0 bridgehead atoms. The fourth-order valence-electron chi connectivity index (χ4n) is 3.22. The van der Waals surface area contributed by atoms with Crippen LogP contribution < -0.4 is 5.32 Å². The number of aryl methyl sites for hydroxylation is 2. The third kappa shape index (κ3) is 4.93. The highest BCUT2D eigenvalue weighted by Gasteiger charge is 2.26. The average molecular weight is 388 g/mol. The van der Waals surface area contributed by atoms with Crippen molar-refractivity contribution in [2.75, 3.05) is 32.1 Å². The number of carbonyl (C=O) groups is 2. The summed E-state index contributed by atoms with van der Waals surface area (Å²) in [6.45, 7) is 5.92. The zero-order valence-electron chi connectivity index (χ0n) is 15.9. The third-order valence-electron chi connectivity index (χ3n) is 5.04. The summed E-state index contributed by atoms with van der Waals surface area (Å²) in [5.74, 6) is -0.276. The number of aromatic nitrogens is 1. The van der Waals surface area contributed by atoms with Gasteiger partial charge in [-0.2, -0.15) is 0 Å². The van der Waals surface area contributed by atoms with Crippen LogP contribution in [-0.4, -0.2) is 48.5 Å². The zero-order valence-corrected chi connectivity index (χ0v) is 16.8. The average Bonchev–Trinajstić information content (AvgIpc) is 3.12. The Morgan fingerprint density at radius 3 is 2.67 bits per heavy atom. The molecule has 3 rings (SSSR count). The van der Waals surface area contributed by atoms with Gasteiger partial charge in [-0.1, -0.05) is 12.1 Å². The van der Waals surface area contributed by atoms with E-state index in [4.69, 9.17) is 4.74 Å². The summed E-state index contributed by atoms with van der Waals surface area (Å²) in [6.07, 6.45) is 1.46. The maximum atomic E-state index is 12.3. The lowest BCUT2D eigenvalue weighted by Crippen LogP contribution is -2.41. The summed E-state index contributed by atoms with van der Waals surface area (Å²) in [5.41, 5.74) is 4.40. The first-order valence-electron chi connectivity index (χ1n) is 9.09. The van der Waals surface area contributed by atoms with Crippen LogP contribution in [0.2, 0.25) is 0 Å². The molecular weight excluding hydrogens is 362 g/mol.